The van der Waals surface area contributed by atoms with Crippen LogP contribution in [0.15, 0.2) is 0 Å². The number of ether oxygens (including phenoxy) is 1. The van der Waals surface area contributed by atoms with Crippen molar-refractivity contribution in [3.05, 3.63) is 0 Å². The summed E-state index contributed by atoms with van der Waals surface area (Å²) in [6, 6.07) is 0.519. The number of nitrogens with two attached hydrogens (primary N) is 1. The lowest BCUT2D eigenvalue weighted by Crippen LogP contribution is -2.42. The average Bonchev–Trinajstić information content (AvgIpc) is 3.08. The molecule has 0 spiro atoms. The van der Waals surface area contributed by atoms with Gasteiger partial charge in [0, 0.05) is 25.7 Å². The Bertz CT molecular complexity index is 307. The first-order valence-corrected chi connectivity index (χ1v) is 7.57. The topological polar surface area (TPSA) is 58.8 Å². The molecule has 5 nitrogen and oxygen atoms in total. The van der Waals surface area contributed by atoms with Crippen LogP contribution in [0.1, 0.15) is 33.1 Å². The minimum absolute atomic E-state index is 0.0788. The quantitative estimate of drug-likeness (QED) is 0.786. The minimum atomic E-state index is -0.246. The molecule has 1 unspecified atom stereocenters. The molecular weight excluding hydrogens is 242 g/mol. The summed E-state index contributed by atoms with van der Waals surface area (Å²) in [5.41, 5.74) is 5.59. The lowest BCUT2D eigenvalue weighted by atomic mass is 10.2. The lowest BCUT2D eigenvalue weighted by molar-refractivity contribution is -0.141. The molecule has 0 saturated carbocycles. The van der Waals surface area contributed by atoms with Crippen LogP contribution in [0.2, 0.25) is 0 Å². The molecular formula is C14H27N3O2. The summed E-state index contributed by atoms with van der Waals surface area (Å²) in [7, 11) is 0. The Morgan fingerprint density at radius 2 is 2.05 bits per heavy atom. The fraction of sp³-hybridized carbons (Fsp3) is 0.929. The van der Waals surface area contributed by atoms with E-state index in [2.05, 4.69) is 18.7 Å². The van der Waals surface area contributed by atoms with Gasteiger partial charge in [0.25, 0.3) is 5.91 Å². The number of rotatable bonds is 5. The molecule has 0 aromatic rings. The zero-order chi connectivity index (χ0) is 13.8. The number of carbonyl (C=O) groups is 1. The van der Waals surface area contributed by atoms with E-state index >= 15 is 0 Å². The highest BCUT2D eigenvalue weighted by atomic mass is 16.5. The monoisotopic (exact) mass is 269 g/mol. The highest BCUT2D eigenvalue weighted by Gasteiger charge is 2.36. The number of amides is 1. The van der Waals surface area contributed by atoms with E-state index in [1.54, 1.807) is 0 Å². The Kier molecular flexibility index (Phi) is 5.19. The molecule has 0 aliphatic carbocycles. The number of hydrogen-bond donors (Lipinski definition) is 1. The second kappa shape index (κ2) is 6.68. The first kappa shape index (κ1) is 14.8. The van der Waals surface area contributed by atoms with Gasteiger partial charge in [-0.1, -0.05) is 13.8 Å². The van der Waals surface area contributed by atoms with E-state index in [1.165, 1.54) is 0 Å². The van der Waals surface area contributed by atoms with Gasteiger partial charge in [-0.05, 0) is 32.4 Å². The van der Waals surface area contributed by atoms with Gasteiger partial charge in [0.2, 0.25) is 0 Å². The van der Waals surface area contributed by atoms with Crippen LogP contribution in [0.5, 0.6) is 0 Å². The van der Waals surface area contributed by atoms with Crippen molar-refractivity contribution in [1.82, 2.24) is 9.80 Å². The molecule has 2 saturated heterocycles. The Morgan fingerprint density at radius 3 is 2.63 bits per heavy atom. The van der Waals surface area contributed by atoms with E-state index in [9.17, 15) is 4.79 Å². The van der Waals surface area contributed by atoms with Crippen molar-refractivity contribution in [1.29, 1.82) is 0 Å². The number of likely N-dealkylation sites (N-methyl/N-ethyl adjacent to an activating group) is 1. The molecule has 110 valence electrons. The van der Waals surface area contributed by atoms with Gasteiger partial charge >= 0.3 is 0 Å². The molecule has 0 aromatic carbocycles. The zero-order valence-corrected chi connectivity index (χ0v) is 12.2. The van der Waals surface area contributed by atoms with Crippen LogP contribution in [0.25, 0.3) is 0 Å². The fourth-order valence-electron chi connectivity index (χ4n) is 3.24. The summed E-state index contributed by atoms with van der Waals surface area (Å²) in [4.78, 5) is 16.8. The lowest BCUT2D eigenvalue weighted by Gasteiger charge is -2.26. The molecule has 2 aliphatic heterocycles. The molecule has 5 heteroatoms. The van der Waals surface area contributed by atoms with Crippen LogP contribution < -0.4 is 5.73 Å². The van der Waals surface area contributed by atoms with Crippen molar-refractivity contribution in [2.24, 2.45) is 5.73 Å². The molecule has 2 fully saturated rings. The van der Waals surface area contributed by atoms with E-state index in [0.717, 1.165) is 45.4 Å². The van der Waals surface area contributed by atoms with E-state index in [4.69, 9.17) is 10.5 Å². The van der Waals surface area contributed by atoms with Crippen LogP contribution in [0, 0.1) is 0 Å². The highest BCUT2D eigenvalue weighted by Crippen LogP contribution is 2.23. The summed E-state index contributed by atoms with van der Waals surface area (Å²) in [5.74, 6) is 0.172. The van der Waals surface area contributed by atoms with Gasteiger partial charge < -0.3 is 15.4 Å². The van der Waals surface area contributed by atoms with Crippen molar-refractivity contribution in [3.8, 4) is 0 Å². The molecule has 0 bridgehead atoms. The van der Waals surface area contributed by atoms with Crippen LogP contribution in [0.3, 0.4) is 0 Å². The number of carbonyl (C=O) groups excluding carboxylic acids is 1. The van der Waals surface area contributed by atoms with Gasteiger partial charge in [-0.25, -0.2) is 0 Å². The summed E-state index contributed by atoms with van der Waals surface area (Å²) in [6.07, 6.45) is 2.66. The summed E-state index contributed by atoms with van der Waals surface area (Å²) in [6.45, 7) is 8.71. The molecule has 0 aromatic heterocycles. The maximum Gasteiger partial charge on any atom is 0.251 e. The normalized spacial score (nSPS) is 31.4. The molecule has 0 radical (unpaired) electrons. The number of hydrogen-bond acceptors (Lipinski definition) is 4. The van der Waals surface area contributed by atoms with Crippen LogP contribution in [-0.2, 0) is 9.53 Å². The number of nitrogens with zero attached hydrogens (tertiary/aromatic N) is 2. The summed E-state index contributed by atoms with van der Waals surface area (Å²) in [5, 5.41) is 0. The van der Waals surface area contributed by atoms with Crippen molar-refractivity contribution in [2.75, 3.05) is 32.7 Å². The van der Waals surface area contributed by atoms with Gasteiger partial charge in [-0.15, -0.1) is 0 Å². The third-order valence-corrected chi connectivity index (χ3v) is 4.45. The van der Waals surface area contributed by atoms with E-state index in [-0.39, 0.29) is 18.1 Å². The molecule has 2 aliphatic rings. The van der Waals surface area contributed by atoms with E-state index in [0.29, 0.717) is 12.6 Å². The third-order valence-electron chi connectivity index (χ3n) is 4.45. The van der Waals surface area contributed by atoms with Crippen molar-refractivity contribution in [3.63, 3.8) is 0 Å². The maximum atomic E-state index is 12.4. The summed E-state index contributed by atoms with van der Waals surface area (Å²) >= 11 is 0. The second-order valence-electron chi connectivity index (χ2n) is 5.51. The smallest absolute Gasteiger partial charge is 0.251 e. The Labute approximate surface area is 116 Å². The van der Waals surface area contributed by atoms with Crippen LogP contribution in [0.4, 0.5) is 0 Å². The van der Waals surface area contributed by atoms with Gasteiger partial charge in [0.05, 0.1) is 6.10 Å². The Morgan fingerprint density at radius 1 is 1.32 bits per heavy atom. The van der Waals surface area contributed by atoms with Crippen molar-refractivity contribution >= 4 is 5.91 Å². The van der Waals surface area contributed by atoms with Gasteiger partial charge in [0.15, 0.2) is 0 Å². The predicted octanol–water partition coefficient (Wildman–Crippen LogP) is 0.435. The molecule has 2 heterocycles. The molecule has 19 heavy (non-hydrogen) atoms. The minimum Gasteiger partial charge on any atom is -0.364 e. The van der Waals surface area contributed by atoms with Gasteiger partial charge in [-0.3, -0.25) is 9.69 Å². The fourth-order valence-corrected chi connectivity index (χ4v) is 3.24. The molecule has 2 N–H and O–H groups in total. The average molecular weight is 269 g/mol. The zero-order valence-electron chi connectivity index (χ0n) is 12.2. The summed E-state index contributed by atoms with van der Waals surface area (Å²) < 4.78 is 5.70. The molecule has 2 rings (SSSR count). The van der Waals surface area contributed by atoms with Crippen LogP contribution >= 0.6 is 0 Å². The third kappa shape index (κ3) is 3.27. The molecule has 3 atom stereocenters. The maximum absolute atomic E-state index is 12.4. The van der Waals surface area contributed by atoms with Crippen molar-refractivity contribution in [2.45, 2.75) is 51.4 Å². The number of likely N-dealkylation sites (tertiary alicyclic amines) is 1. The van der Waals surface area contributed by atoms with Crippen LogP contribution in [-0.4, -0.2) is 66.7 Å². The largest absolute Gasteiger partial charge is 0.364 e. The molecule has 1 amide bonds. The standard InChI is InChI=1S/C14H27N3O2/c1-3-16(4-2)11-7-8-17(10-11)14(18)13-6-5-12(9-15)19-13/h11-13H,3-10,15H2,1-2H3/t11?,12-,13+/m1/s1. The highest BCUT2D eigenvalue weighted by molar-refractivity contribution is 5.81. The van der Waals surface area contributed by atoms with E-state index in [1.807, 2.05) is 4.90 Å². The SMILES string of the molecule is CCN(CC)C1CCN(C(=O)[C@@H]2CC[C@H](CN)O2)C1. The predicted molar refractivity (Wildman–Crippen MR) is 74.9 cm³/mol. The van der Waals surface area contributed by atoms with Crippen molar-refractivity contribution < 1.29 is 9.53 Å². The van der Waals surface area contributed by atoms with Gasteiger partial charge in [-0.2, -0.15) is 0 Å². The Balaban J connectivity index is 1.85. The second-order valence-corrected chi connectivity index (χ2v) is 5.51. The van der Waals surface area contributed by atoms with E-state index < -0.39 is 0 Å². The Hall–Kier alpha value is -0.650. The first-order chi connectivity index (χ1) is 9.19. The van der Waals surface area contributed by atoms with Gasteiger partial charge in [0.1, 0.15) is 6.10 Å². The first-order valence-electron chi connectivity index (χ1n) is 7.57.